The van der Waals surface area contributed by atoms with Gasteiger partial charge in [0.1, 0.15) is 0 Å². The van der Waals surface area contributed by atoms with Crippen molar-refractivity contribution in [3.8, 4) is 0 Å². The largest absolute Gasteiger partial charge is 0.120 e. The van der Waals surface area contributed by atoms with Crippen LogP contribution in [0.2, 0.25) is 0 Å². The van der Waals surface area contributed by atoms with Gasteiger partial charge >= 0.3 is 0 Å². The first-order chi connectivity index (χ1) is 22.7. The van der Waals surface area contributed by atoms with E-state index in [2.05, 4.69) is 121 Å². The van der Waals surface area contributed by atoms with Crippen molar-refractivity contribution in [1.82, 2.24) is 0 Å². The highest BCUT2D eigenvalue weighted by Crippen LogP contribution is 2.64. The third-order valence-corrected chi connectivity index (χ3v) is 13.8. The van der Waals surface area contributed by atoms with Gasteiger partial charge in [0, 0.05) is 35.5 Å². The average molecular weight is 628 g/mol. The van der Waals surface area contributed by atoms with Crippen LogP contribution >= 0.6 is 23.2 Å². The molecule has 9 aliphatic rings. The number of alkyl halides is 2. The van der Waals surface area contributed by atoms with Crippen LogP contribution in [0.25, 0.3) is 0 Å². The van der Waals surface area contributed by atoms with E-state index >= 15 is 0 Å². The summed E-state index contributed by atoms with van der Waals surface area (Å²) in [5.74, 6) is 1.17. The van der Waals surface area contributed by atoms with Gasteiger partial charge in [0.2, 0.25) is 0 Å². The van der Waals surface area contributed by atoms with Crippen molar-refractivity contribution in [3.05, 3.63) is 210 Å². The molecule has 0 saturated heterocycles. The molecule has 6 aromatic carbocycles. The van der Waals surface area contributed by atoms with Gasteiger partial charge in [-0.2, -0.15) is 0 Å². The lowest BCUT2D eigenvalue weighted by molar-refractivity contribution is 0.529. The highest BCUT2D eigenvalue weighted by atomic mass is 35.5. The molecule has 0 nitrogen and oxygen atoms in total. The fraction of sp³-hybridized carbons (Fsp3) is 0.182. The van der Waals surface area contributed by atoms with Crippen molar-refractivity contribution >= 4 is 23.2 Å². The van der Waals surface area contributed by atoms with Crippen LogP contribution in [-0.2, 0) is 0 Å². The summed E-state index contributed by atoms with van der Waals surface area (Å²) in [6.45, 7) is 0. The lowest BCUT2D eigenvalue weighted by atomic mass is 9.55. The maximum atomic E-state index is 7.44. The van der Waals surface area contributed by atoms with Gasteiger partial charge in [0.15, 0.2) is 0 Å². The summed E-state index contributed by atoms with van der Waals surface area (Å²) in [5, 5.41) is -0.299. The van der Waals surface area contributed by atoms with E-state index in [-0.39, 0.29) is 46.3 Å². The Bertz CT molecular complexity index is 1950. The zero-order chi connectivity index (χ0) is 30.0. The minimum atomic E-state index is -0.150. The second-order valence-electron chi connectivity index (χ2n) is 14.3. The quantitative estimate of drug-likeness (QED) is 0.147. The zero-order valence-electron chi connectivity index (χ0n) is 24.9. The van der Waals surface area contributed by atoms with Crippen LogP contribution in [0.4, 0.5) is 0 Å². The van der Waals surface area contributed by atoms with Crippen molar-refractivity contribution in [2.24, 2.45) is 0 Å². The van der Waals surface area contributed by atoms with Crippen molar-refractivity contribution in [1.29, 1.82) is 0 Å². The Balaban J connectivity index is 1.10. The molecule has 6 bridgehead atoms. The first-order valence-electron chi connectivity index (χ1n) is 16.7. The standard InChI is InChI=1S/C44H28Cl2/c45-43-41-33-17-29-30(38-22-10-2-1-9-21(22)37(29)23-11-3-4-12-24(23)38)18-34(33)42(44(43)46)36-20-32-31(19-35(36)41)39-25-13-5-7-15-27(25)40(32)28-16-8-6-14-26(28)39/h1-20,37-44H/t37?,38?,39?,40?,41?,42?,43-,44-/m0/s1. The van der Waals surface area contributed by atoms with Crippen molar-refractivity contribution in [2.75, 3.05) is 0 Å². The van der Waals surface area contributed by atoms with Crippen molar-refractivity contribution in [2.45, 2.75) is 46.3 Å². The molecule has 9 aliphatic carbocycles. The fourth-order valence-electron chi connectivity index (χ4n) is 11.0. The number of halogens is 2. The maximum absolute atomic E-state index is 7.44. The number of benzene rings is 6. The van der Waals surface area contributed by atoms with Gasteiger partial charge in [-0.15, -0.1) is 23.2 Å². The molecule has 6 aromatic rings. The second kappa shape index (κ2) is 8.43. The highest BCUT2D eigenvalue weighted by Gasteiger charge is 2.52. The molecular weight excluding hydrogens is 599 g/mol. The number of hydrogen-bond acceptors (Lipinski definition) is 0. The Hall–Kier alpha value is -4.10. The summed E-state index contributed by atoms with van der Waals surface area (Å²) in [7, 11) is 0. The monoisotopic (exact) mass is 626 g/mol. The van der Waals surface area contributed by atoms with E-state index in [0.717, 1.165) is 0 Å². The molecule has 2 atom stereocenters. The predicted octanol–water partition coefficient (Wildman–Crippen LogP) is 10.5. The minimum absolute atomic E-state index is 0.0756. The average Bonchev–Trinajstić information content (AvgIpc) is 3.11. The summed E-state index contributed by atoms with van der Waals surface area (Å²) < 4.78 is 0. The van der Waals surface area contributed by atoms with E-state index in [9.17, 15) is 0 Å². The Morgan fingerprint density at radius 2 is 0.457 bits per heavy atom. The molecule has 0 saturated carbocycles. The molecule has 2 heteroatoms. The van der Waals surface area contributed by atoms with Crippen LogP contribution in [0.5, 0.6) is 0 Å². The van der Waals surface area contributed by atoms with Crippen molar-refractivity contribution < 1.29 is 0 Å². The van der Waals surface area contributed by atoms with Gasteiger partial charge in [-0.25, -0.2) is 0 Å². The van der Waals surface area contributed by atoms with Crippen LogP contribution in [-0.4, -0.2) is 10.8 Å². The number of rotatable bonds is 0. The topological polar surface area (TPSA) is 0 Å². The summed E-state index contributed by atoms with van der Waals surface area (Å²) >= 11 is 14.9. The molecule has 0 fully saturated rings. The van der Waals surface area contributed by atoms with Gasteiger partial charge < -0.3 is 0 Å². The summed E-state index contributed by atoms with van der Waals surface area (Å²) in [6, 6.07) is 46.7. The van der Waals surface area contributed by atoms with E-state index in [1.165, 1.54) is 89.0 Å². The molecule has 0 radical (unpaired) electrons. The lowest BCUT2D eigenvalue weighted by Crippen LogP contribution is -2.43. The van der Waals surface area contributed by atoms with E-state index in [1.807, 2.05) is 0 Å². The highest BCUT2D eigenvalue weighted by molar-refractivity contribution is 6.31. The van der Waals surface area contributed by atoms with Crippen LogP contribution in [0, 0.1) is 0 Å². The fourth-order valence-corrected chi connectivity index (χ4v) is 11.8. The first kappa shape index (κ1) is 25.0. The van der Waals surface area contributed by atoms with Crippen LogP contribution in [0.15, 0.2) is 121 Å². The molecule has 0 aromatic heterocycles. The summed E-state index contributed by atoms with van der Waals surface area (Å²) in [4.78, 5) is 0. The van der Waals surface area contributed by atoms with E-state index in [1.54, 1.807) is 0 Å². The normalized spacial score (nSPS) is 28.7. The zero-order valence-corrected chi connectivity index (χ0v) is 26.4. The third kappa shape index (κ3) is 2.76. The molecule has 46 heavy (non-hydrogen) atoms. The summed E-state index contributed by atoms with van der Waals surface area (Å²) in [5.41, 5.74) is 23.1. The first-order valence-corrected chi connectivity index (χ1v) is 17.5. The third-order valence-electron chi connectivity index (χ3n) is 12.6. The lowest BCUT2D eigenvalue weighted by Gasteiger charge is -2.50. The van der Waals surface area contributed by atoms with Crippen molar-refractivity contribution in [3.63, 3.8) is 0 Å². The predicted molar refractivity (Wildman–Crippen MR) is 185 cm³/mol. The maximum Gasteiger partial charge on any atom is 0.0618 e. The molecule has 15 rings (SSSR count). The molecule has 0 N–H and O–H groups in total. The Morgan fingerprint density at radius 3 is 0.652 bits per heavy atom. The molecule has 218 valence electrons. The molecular formula is C44H28Cl2. The Morgan fingerprint density at radius 1 is 0.261 bits per heavy atom. The molecule has 0 unspecified atom stereocenters. The Labute approximate surface area is 278 Å². The SMILES string of the molecule is Cl[C@H]1C2c3cc4c(cc3C(c3cc5c(cc32)C2c3ccccc3C5c3ccccc32)[C@@H]1Cl)C1c2ccccc2C4c2ccccc21. The van der Waals surface area contributed by atoms with E-state index in [0.29, 0.717) is 0 Å². The van der Waals surface area contributed by atoms with Gasteiger partial charge in [0.25, 0.3) is 0 Å². The van der Waals surface area contributed by atoms with Crippen LogP contribution in [0.1, 0.15) is 125 Å². The van der Waals surface area contributed by atoms with Crippen LogP contribution in [0.3, 0.4) is 0 Å². The smallest absolute Gasteiger partial charge is 0.0618 e. The molecule has 0 amide bonds. The van der Waals surface area contributed by atoms with E-state index in [4.69, 9.17) is 23.2 Å². The van der Waals surface area contributed by atoms with Gasteiger partial charge in [-0.3, -0.25) is 0 Å². The van der Waals surface area contributed by atoms with Gasteiger partial charge in [0.05, 0.1) is 10.8 Å². The van der Waals surface area contributed by atoms with Gasteiger partial charge in [-0.05, 0) is 89.0 Å². The Kier molecular flexibility index (Phi) is 4.59. The molecule has 0 heterocycles. The van der Waals surface area contributed by atoms with Gasteiger partial charge in [-0.1, -0.05) is 121 Å². The summed E-state index contributed by atoms with van der Waals surface area (Å²) in [6.07, 6.45) is 0. The second-order valence-corrected chi connectivity index (χ2v) is 15.3. The number of fused-ring (bicyclic) bond motifs is 1. The molecule has 0 aliphatic heterocycles. The minimum Gasteiger partial charge on any atom is -0.120 e. The molecule has 0 spiro atoms. The van der Waals surface area contributed by atoms with Crippen LogP contribution < -0.4 is 0 Å². The van der Waals surface area contributed by atoms with E-state index < -0.39 is 0 Å². The number of hydrogen-bond donors (Lipinski definition) is 0.